The highest BCUT2D eigenvalue weighted by Gasteiger charge is 2.32. The Bertz CT molecular complexity index is 1640. The van der Waals surface area contributed by atoms with Gasteiger partial charge in [-0.1, -0.05) is 30.3 Å². The van der Waals surface area contributed by atoms with Crippen LogP contribution in [0.4, 0.5) is 18.9 Å². The summed E-state index contributed by atoms with van der Waals surface area (Å²) in [5.74, 6) is 0.469. The summed E-state index contributed by atoms with van der Waals surface area (Å²) in [4.78, 5) is 4.59. The first-order valence-electron chi connectivity index (χ1n) is 12.0. The van der Waals surface area contributed by atoms with E-state index in [9.17, 15) is 13.2 Å². The van der Waals surface area contributed by atoms with Crippen molar-refractivity contribution in [3.05, 3.63) is 90.0 Å². The van der Waals surface area contributed by atoms with Crippen LogP contribution in [0.1, 0.15) is 23.6 Å². The lowest BCUT2D eigenvalue weighted by atomic mass is 10.0. The molecule has 1 aliphatic rings. The van der Waals surface area contributed by atoms with Gasteiger partial charge in [0.15, 0.2) is 5.11 Å². The number of aryl methyl sites for hydroxylation is 1. The second kappa shape index (κ2) is 10.8. The minimum atomic E-state index is -4.71. The van der Waals surface area contributed by atoms with Crippen molar-refractivity contribution < 1.29 is 22.6 Å². The topological polar surface area (TPSA) is 72.7 Å². The predicted molar refractivity (Wildman–Crippen MR) is 150 cm³/mol. The molecule has 0 radical (unpaired) electrons. The number of nitrogens with zero attached hydrogens (tertiary/aromatic N) is 3. The Morgan fingerprint density at radius 1 is 1.18 bits per heavy atom. The molecule has 1 aromatic heterocycles. The van der Waals surface area contributed by atoms with Crippen molar-refractivity contribution >= 4 is 51.0 Å². The van der Waals surface area contributed by atoms with E-state index in [1.165, 1.54) is 12.2 Å². The fraction of sp³-hybridized carbons (Fsp3) is 0.179. The number of anilines is 1. The fourth-order valence-corrected chi connectivity index (χ4v) is 4.59. The molecule has 1 heterocycles. The highest BCUT2D eigenvalue weighted by Crippen LogP contribution is 2.32. The molecule has 4 aromatic rings. The summed E-state index contributed by atoms with van der Waals surface area (Å²) in [6.07, 6.45) is 3.49. The summed E-state index contributed by atoms with van der Waals surface area (Å²) in [6.45, 7) is 1.98. The van der Waals surface area contributed by atoms with Gasteiger partial charge in [0, 0.05) is 5.39 Å². The van der Waals surface area contributed by atoms with E-state index in [0.29, 0.717) is 17.3 Å². The Labute approximate surface area is 227 Å². The molecule has 1 atom stereocenters. The van der Waals surface area contributed by atoms with Crippen LogP contribution in [0.2, 0.25) is 0 Å². The number of thiocarbonyl (C=S) groups is 1. The predicted octanol–water partition coefficient (Wildman–Crippen LogP) is 6.75. The van der Waals surface area contributed by atoms with Crippen LogP contribution in [-0.4, -0.2) is 34.4 Å². The van der Waals surface area contributed by atoms with Crippen molar-refractivity contribution in [2.24, 2.45) is 5.10 Å². The van der Waals surface area contributed by atoms with Gasteiger partial charge in [-0.25, -0.2) is 4.98 Å². The molecule has 5 rings (SSSR count). The molecule has 0 saturated carbocycles. The Morgan fingerprint density at radius 3 is 2.77 bits per heavy atom. The largest absolute Gasteiger partial charge is 0.573 e. The van der Waals surface area contributed by atoms with Crippen molar-refractivity contribution in [2.75, 3.05) is 12.4 Å². The summed E-state index contributed by atoms with van der Waals surface area (Å²) < 4.78 is 48.8. The van der Waals surface area contributed by atoms with E-state index < -0.39 is 6.36 Å². The lowest BCUT2D eigenvalue weighted by Crippen LogP contribution is -2.24. The van der Waals surface area contributed by atoms with Crippen LogP contribution in [0.15, 0.2) is 83.9 Å². The van der Waals surface area contributed by atoms with Crippen molar-refractivity contribution in [3.8, 4) is 5.75 Å². The second-order valence-corrected chi connectivity index (χ2v) is 9.32. The first-order chi connectivity index (χ1) is 18.7. The van der Waals surface area contributed by atoms with E-state index in [0.717, 1.165) is 38.6 Å². The zero-order valence-corrected chi connectivity index (χ0v) is 21.8. The number of ether oxygens (including phenoxy) is 2. The van der Waals surface area contributed by atoms with E-state index in [4.69, 9.17) is 17.0 Å². The minimum absolute atomic E-state index is 0.164. The maximum Gasteiger partial charge on any atom is 0.573 e. The Balaban J connectivity index is 1.28. The highest BCUT2D eigenvalue weighted by molar-refractivity contribution is 7.80. The third-order valence-electron chi connectivity index (χ3n) is 6.20. The molecule has 39 heavy (non-hydrogen) atoms. The molecule has 0 bridgehead atoms. The molecule has 1 unspecified atom stereocenters. The molecule has 1 aliphatic carbocycles. The molecule has 3 aromatic carbocycles. The SMILES string of the molecule is COc1ccc(C)cc1NC(=S)N/N=C/c1ccc2c(ccc3c2ncn3C2C=CC(OC(F)(F)F)=CC2)c1. The summed E-state index contributed by atoms with van der Waals surface area (Å²) in [7, 11) is 1.60. The smallest absolute Gasteiger partial charge is 0.495 e. The minimum Gasteiger partial charge on any atom is -0.495 e. The van der Waals surface area contributed by atoms with Crippen molar-refractivity contribution in [1.29, 1.82) is 0 Å². The molecule has 11 heteroatoms. The zero-order valence-electron chi connectivity index (χ0n) is 21.0. The maximum absolute atomic E-state index is 12.5. The number of hydrogen-bond donors (Lipinski definition) is 2. The molecule has 2 N–H and O–H groups in total. The average molecular weight is 552 g/mol. The van der Waals surface area contributed by atoms with Crippen LogP contribution in [-0.2, 0) is 4.74 Å². The van der Waals surface area contributed by atoms with Gasteiger partial charge in [0.25, 0.3) is 0 Å². The van der Waals surface area contributed by atoms with Crippen LogP contribution in [0.5, 0.6) is 5.75 Å². The van der Waals surface area contributed by atoms with E-state index in [2.05, 4.69) is 25.6 Å². The van der Waals surface area contributed by atoms with Crippen LogP contribution in [0.3, 0.4) is 0 Å². The normalized spacial score (nSPS) is 15.5. The molecule has 0 spiro atoms. The summed E-state index contributed by atoms with van der Waals surface area (Å²) in [6, 6.07) is 15.4. The number of halogens is 3. The Morgan fingerprint density at radius 2 is 2.03 bits per heavy atom. The van der Waals surface area contributed by atoms with E-state index in [-0.39, 0.29) is 11.8 Å². The number of allylic oxidation sites excluding steroid dienone is 3. The number of methoxy groups -OCH3 is 1. The van der Waals surface area contributed by atoms with E-state index in [1.54, 1.807) is 25.7 Å². The molecule has 0 fully saturated rings. The molecular weight excluding hydrogens is 527 g/mol. The number of fused-ring (bicyclic) bond motifs is 3. The van der Waals surface area contributed by atoms with Gasteiger partial charge in [-0.05, 0) is 78.5 Å². The number of rotatable bonds is 6. The van der Waals surface area contributed by atoms with Crippen molar-refractivity contribution in [1.82, 2.24) is 15.0 Å². The van der Waals surface area contributed by atoms with Gasteiger partial charge in [0.05, 0.1) is 42.4 Å². The summed E-state index contributed by atoms with van der Waals surface area (Å²) >= 11 is 5.35. The van der Waals surface area contributed by atoms with Crippen LogP contribution in [0, 0.1) is 6.92 Å². The van der Waals surface area contributed by atoms with Gasteiger partial charge in [0.2, 0.25) is 0 Å². The van der Waals surface area contributed by atoms with Gasteiger partial charge < -0.3 is 19.4 Å². The monoisotopic (exact) mass is 551 g/mol. The number of hydrogen-bond acceptors (Lipinski definition) is 5. The highest BCUT2D eigenvalue weighted by atomic mass is 32.1. The quantitative estimate of drug-likeness (QED) is 0.157. The molecule has 7 nitrogen and oxygen atoms in total. The first kappa shape index (κ1) is 26.2. The zero-order chi connectivity index (χ0) is 27.6. The van der Waals surface area contributed by atoms with Crippen molar-refractivity contribution in [3.63, 3.8) is 0 Å². The van der Waals surface area contributed by atoms with E-state index >= 15 is 0 Å². The number of aromatic nitrogens is 2. The van der Waals surface area contributed by atoms with Gasteiger partial charge >= 0.3 is 6.36 Å². The summed E-state index contributed by atoms with van der Waals surface area (Å²) in [5.41, 5.74) is 7.19. The lowest BCUT2D eigenvalue weighted by molar-refractivity contribution is -0.303. The average Bonchev–Trinajstić information content (AvgIpc) is 3.33. The van der Waals surface area contributed by atoms with Crippen molar-refractivity contribution in [2.45, 2.75) is 25.7 Å². The van der Waals surface area contributed by atoms with Gasteiger partial charge in [-0.2, -0.15) is 5.10 Å². The van der Waals surface area contributed by atoms with Crippen LogP contribution < -0.4 is 15.5 Å². The number of nitrogens with one attached hydrogen (secondary N) is 2. The Hall–Kier alpha value is -4.38. The van der Waals surface area contributed by atoms with Crippen LogP contribution in [0.25, 0.3) is 21.8 Å². The number of hydrazone groups is 1. The van der Waals surface area contributed by atoms with Gasteiger partial charge in [-0.15, -0.1) is 13.2 Å². The van der Waals surface area contributed by atoms with Crippen LogP contribution >= 0.6 is 12.2 Å². The number of alkyl halides is 3. The molecule has 0 amide bonds. The van der Waals surface area contributed by atoms with E-state index in [1.807, 2.05) is 60.0 Å². The third kappa shape index (κ3) is 6.04. The van der Waals surface area contributed by atoms with Gasteiger partial charge in [-0.3, -0.25) is 5.43 Å². The first-order valence-corrected chi connectivity index (χ1v) is 12.4. The maximum atomic E-state index is 12.5. The molecular formula is C28H24F3N5O2S. The standard InChI is InChI=1S/C28H24F3N5O2S/c1-17-3-12-25(37-2)23(13-17)34-27(39)35-33-15-18-4-10-22-19(14-18)5-11-24-26(22)32-16-36(24)20-6-8-21(9-7-20)38-28(29,30)31/h3-6,8-16,20H,7H2,1-2H3,(H2,34,35,39)/b33-15+. The second-order valence-electron chi connectivity index (χ2n) is 8.91. The summed E-state index contributed by atoms with van der Waals surface area (Å²) in [5, 5.41) is 9.59. The van der Waals surface area contributed by atoms with Gasteiger partial charge in [0.1, 0.15) is 11.5 Å². The Kier molecular flexibility index (Phi) is 7.25. The third-order valence-corrected chi connectivity index (χ3v) is 6.39. The lowest BCUT2D eigenvalue weighted by Gasteiger charge is -2.19. The fourth-order valence-electron chi connectivity index (χ4n) is 4.43. The number of benzene rings is 3. The number of imidazole rings is 1. The molecule has 0 saturated heterocycles. The molecule has 0 aliphatic heterocycles. The molecule has 200 valence electrons.